The van der Waals surface area contributed by atoms with E-state index in [1.54, 1.807) is 31.0 Å². The van der Waals surface area contributed by atoms with Gasteiger partial charge in [-0.15, -0.1) is 0 Å². The number of nitrogens with zero attached hydrogens (tertiary/aromatic N) is 1. The highest BCUT2D eigenvalue weighted by molar-refractivity contribution is 7.98. The normalized spacial score (nSPS) is 13.1. The van der Waals surface area contributed by atoms with E-state index in [1.165, 1.54) is 0 Å². The third-order valence-electron chi connectivity index (χ3n) is 4.83. The minimum atomic E-state index is -1.49. The Hall–Kier alpha value is -2.55. The highest BCUT2D eigenvalue weighted by Gasteiger charge is 2.18. The van der Waals surface area contributed by atoms with Crippen LogP contribution in [0.15, 0.2) is 47.3 Å². The molecule has 0 aliphatic carbocycles. The number of benzene rings is 2. The number of nitrogens with one attached hydrogen (secondary N) is 1. The Balaban J connectivity index is 1.74. The molecule has 3 N–H and O–H groups in total. The molecule has 6 nitrogen and oxygen atoms in total. The molecule has 0 unspecified atom stereocenters. The molecule has 3 aromatic rings. The Kier molecular flexibility index (Phi) is 5.26. The van der Waals surface area contributed by atoms with Gasteiger partial charge in [-0.3, -0.25) is 4.79 Å². The zero-order chi connectivity index (χ0) is 19.7. The Morgan fingerprint density at radius 2 is 1.89 bits per heavy atom. The Bertz CT molecular complexity index is 1070. The van der Waals surface area contributed by atoms with E-state index in [2.05, 4.69) is 9.97 Å². The second-order valence-electron chi connectivity index (χ2n) is 6.55. The van der Waals surface area contributed by atoms with E-state index in [-0.39, 0.29) is 5.56 Å². The maximum Gasteiger partial charge on any atom is 0.488 e. The van der Waals surface area contributed by atoms with E-state index >= 15 is 0 Å². The number of ether oxygens (including phenoxy) is 1. The molecule has 0 atom stereocenters. The summed E-state index contributed by atoms with van der Waals surface area (Å²) in [4.78, 5) is 20.0. The first kappa shape index (κ1) is 18.8. The van der Waals surface area contributed by atoms with E-state index in [0.29, 0.717) is 22.8 Å². The van der Waals surface area contributed by atoms with Crippen molar-refractivity contribution in [2.45, 2.75) is 12.2 Å². The van der Waals surface area contributed by atoms with E-state index in [9.17, 15) is 14.8 Å². The summed E-state index contributed by atoms with van der Waals surface area (Å²) in [6.07, 6.45) is 0.792. The SMILES string of the molecule is COc1cc(-c2ccc(B(O)O)cc2)ccc1-c1nc2c(c(=O)[nH]1)CSCC2. The van der Waals surface area contributed by atoms with Crippen LogP contribution < -0.4 is 15.8 Å². The Morgan fingerprint density at radius 3 is 2.61 bits per heavy atom. The summed E-state index contributed by atoms with van der Waals surface area (Å²) in [5, 5.41) is 18.5. The number of hydrogen-bond donors (Lipinski definition) is 3. The largest absolute Gasteiger partial charge is 0.496 e. The lowest BCUT2D eigenvalue weighted by Gasteiger charge is -2.16. The number of fused-ring (bicyclic) bond motifs is 1. The summed E-state index contributed by atoms with van der Waals surface area (Å²) in [6, 6.07) is 12.7. The maximum atomic E-state index is 12.4. The molecule has 0 radical (unpaired) electrons. The van der Waals surface area contributed by atoms with Crippen molar-refractivity contribution in [1.29, 1.82) is 0 Å². The molecule has 28 heavy (non-hydrogen) atoms. The smallest absolute Gasteiger partial charge is 0.488 e. The van der Waals surface area contributed by atoms with Crippen molar-refractivity contribution in [3.63, 3.8) is 0 Å². The summed E-state index contributed by atoms with van der Waals surface area (Å²) in [7, 11) is 0.0947. The average molecular weight is 394 g/mol. The van der Waals surface area contributed by atoms with Crippen molar-refractivity contribution in [3.8, 4) is 28.3 Å². The third-order valence-corrected chi connectivity index (χ3v) is 5.82. The van der Waals surface area contributed by atoms with Crippen LogP contribution in [-0.2, 0) is 12.2 Å². The molecule has 2 aromatic carbocycles. The molecular formula is C20H19BN2O4S. The molecular weight excluding hydrogens is 375 g/mol. The summed E-state index contributed by atoms with van der Waals surface area (Å²) in [5.74, 6) is 2.79. The Labute approximate surface area is 166 Å². The average Bonchev–Trinajstić information content (AvgIpc) is 2.73. The minimum absolute atomic E-state index is 0.0866. The molecule has 0 amide bonds. The lowest BCUT2D eigenvalue weighted by Crippen LogP contribution is -2.29. The van der Waals surface area contributed by atoms with Crippen LogP contribution in [0.5, 0.6) is 5.75 Å². The molecule has 0 bridgehead atoms. The fourth-order valence-electron chi connectivity index (χ4n) is 3.28. The van der Waals surface area contributed by atoms with Crippen LogP contribution in [0.2, 0.25) is 0 Å². The van der Waals surface area contributed by atoms with Crippen LogP contribution >= 0.6 is 11.8 Å². The first-order chi connectivity index (χ1) is 13.6. The van der Waals surface area contributed by atoms with Gasteiger partial charge in [0.05, 0.1) is 18.4 Å². The van der Waals surface area contributed by atoms with Gasteiger partial charge < -0.3 is 19.8 Å². The van der Waals surface area contributed by atoms with Crippen molar-refractivity contribution >= 4 is 24.3 Å². The van der Waals surface area contributed by atoms with Gasteiger partial charge in [-0.05, 0) is 40.9 Å². The molecule has 0 saturated carbocycles. The van der Waals surface area contributed by atoms with Gasteiger partial charge in [-0.25, -0.2) is 4.98 Å². The number of methoxy groups -OCH3 is 1. The van der Waals surface area contributed by atoms with Gasteiger partial charge >= 0.3 is 7.12 Å². The fraction of sp³-hybridized carbons (Fsp3) is 0.200. The van der Waals surface area contributed by atoms with Crippen molar-refractivity contribution in [2.75, 3.05) is 12.9 Å². The number of rotatable bonds is 4. The predicted molar refractivity (Wildman–Crippen MR) is 112 cm³/mol. The first-order valence-electron chi connectivity index (χ1n) is 8.91. The molecule has 0 fully saturated rings. The lowest BCUT2D eigenvalue weighted by atomic mass is 9.80. The molecule has 1 aliphatic heterocycles. The molecule has 142 valence electrons. The number of aromatic nitrogens is 2. The highest BCUT2D eigenvalue weighted by atomic mass is 32.2. The number of H-pyrrole nitrogens is 1. The molecule has 8 heteroatoms. The van der Waals surface area contributed by atoms with Gasteiger partial charge in [-0.2, -0.15) is 11.8 Å². The van der Waals surface area contributed by atoms with Gasteiger partial charge in [0.15, 0.2) is 0 Å². The van der Waals surface area contributed by atoms with Crippen LogP contribution in [0.4, 0.5) is 0 Å². The van der Waals surface area contributed by atoms with E-state index in [1.807, 2.05) is 30.3 Å². The standard InChI is InChI=1S/C20H19BN2O4S/c1-27-18-10-13(12-2-5-14(6-3-12)21(25)26)4-7-15(18)19-22-17-8-9-28-11-16(17)20(24)23-19/h2-7,10,25-26H,8-9,11H2,1H3,(H,22,23,24). The molecule has 0 saturated heterocycles. The zero-order valence-corrected chi connectivity index (χ0v) is 16.1. The van der Waals surface area contributed by atoms with Gasteiger partial charge in [0, 0.05) is 11.3 Å². The van der Waals surface area contributed by atoms with Crippen LogP contribution in [0.25, 0.3) is 22.5 Å². The number of thioether (sulfide) groups is 1. The summed E-state index contributed by atoms with van der Waals surface area (Å²) >= 11 is 1.75. The molecule has 0 spiro atoms. The van der Waals surface area contributed by atoms with Gasteiger partial charge in [0.1, 0.15) is 11.6 Å². The minimum Gasteiger partial charge on any atom is -0.496 e. The van der Waals surface area contributed by atoms with Gasteiger partial charge in [-0.1, -0.05) is 30.3 Å². The van der Waals surface area contributed by atoms with E-state index in [4.69, 9.17) is 4.74 Å². The predicted octanol–water partition coefficient (Wildman–Crippen LogP) is 1.58. The lowest BCUT2D eigenvalue weighted by molar-refractivity contribution is 0.416. The Morgan fingerprint density at radius 1 is 1.14 bits per heavy atom. The summed E-state index contributed by atoms with van der Waals surface area (Å²) in [5.41, 5.74) is 4.53. The summed E-state index contributed by atoms with van der Waals surface area (Å²) in [6.45, 7) is 0. The third kappa shape index (κ3) is 3.58. The molecule has 4 rings (SSSR count). The van der Waals surface area contributed by atoms with Crippen LogP contribution in [0.1, 0.15) is 11.3 Å². The number of hydrogen-bond acceptors (Lipinski definition) is 6. The summed E-state index contributed by atoms with van der Waals surface area (Å²) < 4.78 is 5.56. The topological polar surface area (TPSA) is 95.4 Å². The number of aryl methyl sites for hydroxylation is 1. The van der Waals surface area contributed by atoms with Crippen molar-refractivity contribution < 1.29 is 14.8 Å². The monoisotopic (exact) mass is 394 g/mol. The van der Waals surface area contributed by atoms with Crippen molar-refractivity contribution in [2.24, 2.45) is 0 Å². The second kappa shape index (κ2) is 7.83. The zero-order valence-electron chi connectivity index (χ0n) is 15.3. The van der Waals surface area contributed by atoms with E-state index < -0.39 is 7.12 Å². The van der Waals surface area contributed by atoms with E-state index in [0.717, 1.165) is 40.1 Å². The van der Waals surface area contributed by atoms with Crippen LogP contribution in [0.3, 0.4) is 0 Å². The molecule has 1 aliphatic rings. The maximum absolute atomic E-state index is 12.4. The first-order valence-corrected chi connectivity index (χ1v) is 10.1. The fourth-order valence-corrected chi connectivity index (χ4v) is 4.27. The quantitative estimate of drug-likeness (QED) is 0.582. The highest BCUT2D eigenvalue weighted by Crippen LogP contribution is 2.33. The molecule has 1 aromatic heterocycles. The van der Waals surface area contributed by atoms with Gasteiger partial charge in [0.2, 0.25) is 0 Å². The van der Waals surface area contributed by atoms with Crippen LogP contribution in [-0.4, -0.2) is 40.0 Å². The second-order valence-corrected chi connectivity index (χ2v) is 7.66. The van der Waals surface area contributed by atoms with Gasteiger partial charge in [0.25, 0.3) is 5.56 Å². The van der Waals surface area contributed by atoms with Crippen molar-refractivity contribution in [1.82, 2.24) is 9.97 Å². The van der Waals surface area contributed by atoms with Crippen molar-refractivity contribution in [3.05, 3.63) is 64.1 Å². The molecule has 2 heterocycles. The number of aromatic amines is 1. The van der Waals surface area contributed by atoms with Crippen LogP contribution in [0, 0.1) is 0 Å².